The number of halogens is 1. The minimum atomic E-state index is -0.597. The molecule has 3 aromatic carbocycles. The van der Waals surface area contributed by atoms with Crippen LogP contribution in [0.25, 0.3) is 0 Å². The number of rotatable bonds is 8. The summed E-state index contributed by atoms with van der Waals surface area (Å²) in [5.74, 6) is -1.45. The molecule has 4 aromatic rings. The van der Waals surface area contributed by atoms with Crippen molar-refractivity contribution >= 4 is 46.5 Å². The number of carbonyl (C=O) groups excluding carboxylic acids is 3. The van der Waals surface area contributed by atoms with Gasteiger partial charge in [0, 0.05) is 10.6 Å². The third kappa shape index (κ3) is 5.41. The predicted octanol–water partition coefficient (Wildman–Crippen LogP) is 5.98. The van der Waals surface area contributed by atoms with Crippen LogP contribution >= 0.6 is 11.8 Å². The van der Waals surface area contributed by atoms with Crippen LogP contribution in [-0.2, 0) is 9.59 Å². The second-order valence-corrected chi connectivity index (χ2v) is 9.60. The van der Waals surface area contributed by atoms with Gasteiger partial charge < -0.3 is 19.8 Å². The first kappa shape index (κ1) is 25.8. The zero-order valence-electron chi connectivity index (χ0n) is 20.9. The first-order chi connectivity index (χ1) is 18.8. The molecule has 8 nitrogen and oxygen atoms in total. The van der Waals surface area contributed by atoms with Crippen LogP contribution in [0.3, 0.4) is 0 Å². The summed E-state index contributed by atoms with van der Waals surface area (Å²) >= 11 is 1.06. The molecule has 2 N–H and O–H groups in total. The molecule has 0 fully saturated rings. The highest BCUT2D eigenvalue weighted by molar-refractivity contribution is 8.04. The standard InChI is InChI=1S/C29H22FN3O5S/c1-17-8-13-23(37-2)22(15-17)32-25-26(29(36)33(28(25)35)20-11-9-18(30)10-12-20)39-21-6-3-5-19(16-21)31-27(34)24-7-4-14-38-24/h3-16,32H,1-2H3,(H,31,34). The fourth-order valence-corrected chi connectivity index (χ4v) is 4.94. The largest absolute Gasteiger partial charge is 0.495 e. The Morgan fingerprint density at radius 3 is 2.49 bits per heavy atom. The first-order valence-corrected chi connectivity index (χ1v) is 12.6. The lowest BCUT2D eigenvalue weighted by atomic mass is 10.2. The molecule has 2 heterocycles. The minimum absolute atomic E-state index is 0.0447. The topological polar surface area (TPSA) is 101 Å². The molecular formula is C29H22FN3O5S. The average Bonchev–Trinajstić information content (AvgIpc) is 3.54. The molecular weight excluding hydrogens is 521 g/mol. The van der Waals surface area contributed by atoms with Crippen molar-refractivity contribution in [1.29, 1.82) is 0 Å². The molecule has 3 amide bonds. The van der Waals surface area contributed by atoms with Gasteiger partial charge in [-0.1, -0.05) is 23.9 Å². The summed E-state index contributed by atoms with van der Waals surface area (Å²) in [5.41, 5.74) is 2.18. The van der Waals surface area contributed by atoms with Gasteiger partial charge in [0.05, 0.1) is 24.7 Å². The number of nitrogens with zero attached hydrogens (tertiary/aromatic N) is 1. The molecule has 1 aliphatic heterocycles. The summed E-state index contributed by atoms with van der Waals surface area (Å²) < 4.78 is 24.1. The molecule has 1 aliphatic rings. The number of carbonyl (C=O) groups is 3. The van der Waals surface area contributed by atoms with E-state index in [-0.39, 0.29) is 22.0 Å². The van der Waals surface area contributed by atoms with Crippen molar-refractivity contribution in [3.8, 4) is 5.75 Å². The zero-order valence-corrected chi connectivity index (χ0v) is 21.7. The van der Waals surface area contributed by atoms with Crippen molar-refractivity contribution in [2.45, 2.75) is 11.8 Å². The smallest absolute Gasteiger partial charge is 0.291 e. The Labute approximate surface area is 227 Å². The molecule has 0 saturated carbocycles. The molecule has 0 aliphatic carbocycles. The number of hydrogen-bond acceptors (Lipinski definition) is 7. The number of nitrogens with one attached hydrogen (secondary N) is 2. The van der Waals surface area contributed by atoms with Crippen molar-refractivity contribution in [2.24, 2.45) is 0 Å². The Morgan fingerprint density at radius 2 is 1.77 bits per heavy atom. The highest BCUT2D eigenvalue weighted by Crippen LogP contribution is 2.39. The van der Waals surface area contributed by atoms with E-state index in [1.165, 1.54) is 37.6 Å². The Bertz CT molecular complexity index is 1600. The Morgan fingerprint density at radius 1 is 0.974 bits per heavy atom. The van der Waals surface area contributed by atoms with Gasteiger partial charge in [-0.3, -0.25) is 14.4 Å². The SMILES string of the molecule is COc1ccc(C)cc1NC1=C(Sc2cccc(NC(=O)c3ccco3)c2)C(=O)N(c2ccc(F)cc2)C1=O. The molecule has 10 heteroatoms. The van der Waals surface area contributed by atoms with Crippen molar-refractivity contribution in [1.82, 2.24) is 0 Å². The van der Waals surface area contributed by atoms with Gasteiger partial charge in [0.25, 0.3) is 17.7 Å². The predicted molar refractivity (Wildman–Crippen MR) is 146 cm³/mol. The molecule has 0 spiro atoms. The summed E-state index contributed by atoms with van der Waals surface area (Å²) in [5, 5.41) is 5.84. The van der Waals surface area contributed by atoms with Crippen LogP contribution < -0.4 is 20.3 Å². The first-order valence-electron chi connectivity index (χ1n) is 11.8. The van der Waals surface area contributed by atoms with Gasteiger partial charge in [0.15, 0.2) is 5.76 Å². The van der Waals surface area contributed by atoms with E-state index >= 15 is 0 Å². The highest BCUT2D eigenvalue weighted by atomic mass is 32.2. The highest BCUT2D eigenvalue weighted by Gasteiger charge is 2.40. The maximum atomic E-state index is 13.6. The van der Waals surface area contributed by atoms with Gasteiger partial charge in [0.1, 0.15) is 22.2 Å². The maximum Gasteiger partial charge on any atom is 0.291 e. The van der Waals surface area contributed by atoms with Crippen molar-refractivity contribution in [2.75, 3.05) is 22.6 Å². The molecule has 1 aromatic heterocycles. The lowest BCUT2D eigenvalue weighted by Gasteiger charge is -2.16. The van der Waals surface area contributed by atoms with Crippen LogP contribution in [0.4, 0.5) is 21.5 Å². The number of hydrogen-bond donors (Lipinski definition) is 2. The number of amides is 3. The van der Waals surface area contributed by atoms with E-state index in [1.807, 2.05) is 13.0 Å². The van der Waals surface area contributed by atoms with E-state index in [1.54, 1.807) is 48.5 Å². The number of ether oxygens (including phenoxy) is 1. The number of methoxy groups -OCH3 is 1. The van der Waals surface area contributed by atoms with Crippen LogP contribution in [-0.4, -0.2) is 24.8 Å². The fourth-order valence-electron chi connectivity index (χ4n) is 3.95. The Balaban J connectivity index is 1.50. The normalized spacial score (nSPS) is 13.2. The molecule has 5 rings (SSSR count). The average molecular weight is 544 g/mol. The molecule has 0 atom stereocenters. The van der Waals surface area contributed by atoms with Gasteiger partial charge in [-0.15, -0.1) is 0 Å². The minimum Gasteiger partial charge on any atom is -0.495 e. The zero-order chi connectivity index (χ0) is 27.5. The Hall–Kier alpha value is -4.83. The van der Waals surface area contributed by atoms with Gasteiger partial charge in [-0.25, -0.2) is 9.29 Å². The number of furan rings is 1. The second-order valence-electron chi connectivity index (χ2n) is 8.52. The van der Waals surface area contributed by atoms with Crippen molar-refractivity contribution < 1.29 is 27.9 Å². The quantitative estimate of drug-likeness (QED) is 0.264. The van der Waals surface area contributed by atoms with Crippen LogP contribution in [0.2, 0.25) is 0 Å². The third-order valence-electron chi connectivity index (χ3n) is 5.80. The van der Waals surface area contributed by atoms with Gasteiger partial charge in [0.2, 0.25) is 0 Å². The summed E-state index contributed by atoms with van der Waals surface area (Å²) in [6.07, 6.45) is 1.40. The molecule has 0 saturated heterocycles. The molecule has 196 valence electrons. The van der Waals surface area contributed by atoms with Gasteiger partial charge in [-0.2, -0.15) is 0 Å². The van der Waals surface area contributed by atoms with Gasteiger partial charge >= 0.3 is 0 Å². The number of anilines is 3. The number of thioether (sulfide) groups is 1. The molecule has 0 unspecified atom stereocenters. The fraction of sp³-hybridized carbons (Fsp3) is 0.0690. The van der Waals surface area contributed by atoms with E-state index in [0.29, 0.717) is 22.0 Å². The van der Waals surface area contributed by atoms with Crippen LogP contribution in [0.15, 0.2) is 105 Å². The summed E-state index contributed by atoms with van der Waals surface area (Å²) in [7, 11) is 1.51. The number of benzene rings is 3. The number of aryl methyl sites for hydroxylation is 1. The summed E-state index contributed by atoms with van der Waals surface area (Å²) in [6.45, 7) is 1.89. The van der Waals surface area contributed by atoms with Crippen LogP contribution in [0.1, 0.15) is 16.1 Å². The maximum absolute atomic E-state index is 13.6. The van der Waals surface area contributed by atoms with E-state index in [4.69, 9.17) is 9.15 Å². The van der Waals surface area contributed by atoms with E-state index in [2.05, 4.69) is 10.6 Å². The lowest BCUT2D eigenvalue weighted by Crippen LogP contribution is -2.32. The van der Waals surface area contributed by atoms with Crippen molar-refractivity contribution in [3.63, 3.8) is 0 Å². The Kier molecular flexibility index (Phi) is 7.20. The van der Waals surface area contributed by atoms with Crippen LogP contribution in [0.5, 0.6) is 5.75 Å². The van der Waals surface area contributed by atoms with Crippen LogP contribution in [0, 0.1) is 12.7 Å². The number of imide groups is 1. The molecule has 0 radical (unpaired) electrons. The lowest BCUT2D eigenvalue weighted by molar-refractivity contribution is -0.120. The monoisotopic (exact) mass is 543 g/mol. The van der Waals surface area contributed by atoms with E-state index < -0.39 is 23.5 Å². The second kappa shape index (κ2) is 10.9. The molecule has 39 heavy (non-hydrogen) atoms. The summed E-state index contributed by atoms with van der Waals surface area (Å²) in [6, 6.07) is 20.5. The van der Waals surface area contributed by atoms with E-state index in [0.717, 1.165) is 22.2 Å². The van der Waals surface area contributed by atoms with Gasteiger partial charge in [-0.05, 0) is 79.2 Å². The third-order valence-corrected chi connectivity index (χ3v) is 6.87. The van der Waals surface area contributed by atoms with Crippen molar-refractivity contribution in [3.05, 3.63) is 113 Å². The molecule has 0 bridgehead atoms. The van der Waals surface area contributed by atoms with E-state index in [9.17, 15) is 18.8 Å². The summed E-state index contributed by atoms with van der Waals surface area (Å²) in [4.78, 5) is 41.4.